The minimum atomic E-state index is -0.129. The van der Waals surface area contributed by atoms with Gasteiger partial charge >= 0.3 is 0 Å². The Labute approximate surface area is 148 Å². The summed E-state index contributed by atoms with van der Waals surface area (Å²) in [4.78, 5) is 22.4. The maximum absolute atomic E-state index is 13.4. The highest BCUT2D eigenvalue weighted by molar-refractivity contribution is 7.13. The van der Waals surface area contributed by atoms with E-state index in [1.165, 1.54) is 11.3 Å². The van der Waals surface area contributed by atoms with Crippen molar-refractivity contribution in [2.75, 3.05) is 12.4 Å². The molecule has 124 valence electrons. The predicted octanol–water partition coefficient (Wildman–Crippen LogP) is 3.86. The van der Waals surface area contributed by atoms with Gasteiger partial charge in [0.2, 0.25) is 0 Å². The van der Waals surface area contributed by atoms with Crippen LogP contribution in [0, 0.1) is 6.92 Å². The standard InChI is InChI=1S/C19H16N4OS/c1-12-8-9-14-16(20-2)15(18-21-10-11-25-18)19(24)23(17(14)22-12)13-6-4-3-5-7-13/h3-11,20H,1-2H3. The minimum absolute atomic E-state index is 0.129. The molecule has 1 N–H and O–H groups in total. The van der Waals surface area contributed by atoms with E-state index in [0.29, 0.717) is 16.2 Å². The zero-order valence-corrected chi connectivity index (χ0v) is 14.7. The highest BCUT2D eigenvalue weighted by atomic mass is 32.1. The van der Waals surface area contributed by atoms with Crippen LogP contribution in [-0.2, 0) is 0 Å². The van der Waals surface area contributed by atoms with E-state index < -0.39 is 0 Å². The summed E-state index contributed by atoms with van der Waals surface area (Å²) in [5.74, 6) is 0. The fraction of sp³-hybridized carbons (Fsp3) is 0.105. The summed E-state index contributed by atoms with van der Waals surface area (Å²) in [5, 5.41) is 6.64. The third kappa shape index (κ3) is 2.51. The second-order valence-corrected chi connectivity index (χ2v) is 6.53. The van der Waals surface area contributed by atoms with E-state index >= 15 is 0 Å². The minimum Gasteiger partial charge on any atom is -0.387 e. The number of fused-ring (bicyclic) bond motifs is 1. The van der Waals surface area contributed by atoms with E-state index in [0.717, 1.165) is 22.5 Å². The molecule has 0 aliphatic carbocycles. The Hall–Kier alpha value is -2.99. The molecule has 0 aliphatic rings. The van der Waals surface area contributed by atoms with Gasteiger partial charge in [-0.05, 0) is 31.2 Å². The van der Waals surface area contributed by atoms with Crippen LogP contribution in [-0.4, -0.2) is 21.6 Å². The van der Waals surface area contributed by atoms with E-state index in [1.807, 2.05) is 61.8 Å². The first-order chi connectivity index (χ1) is 12.2. The van der Waals surface area contributed by atoms with E-state index in [4.69, 9.17) is 0 Å². The Kier molecular flexibility index (Phi) is 3.82. The van der Waals surface area contributed by atoms with Gasteiger partial charge in [0.15, 0.2) is 0 Å². The van der Waals surface area contributed by atoms with Gasteiger partial charge in [-0.25, -0.2) is 9.97 Å². The molecule has 3 heterocycles. The summed E-state index contributed by atoms with van der Waals surface area (Å²) in [7, 11) is 1.82. The lowest BCUT2D eigenvalue weighted by atomic mass is 10.1. The lowest BCUT2D eigenvalue weighted by Crippen LogP contribution is -2.23. The fourth-order valence-corrected chi connectivity index (χ4v) is 3.66. The summed E-state index contributed by atoms with van der Waals surface area (Å²) < 4.78 is 1.67. The third-order valence-electron chi connectivity index (χ3n) is 4.07. The molecule has 0 fully saturated rings. The number of pyridine rings is 2. The quantitative estimate of drug-likeness (QED) is 0.611. The van der Waals surface area contributed by atoms with Gasteiger partial charge in [-0.3, -0.25) is 9.36 Å². The number of hydrogen-bond acceptors (Lipinski definition) is 5. The number of para-hydroxylation sites is 1. The lowest BCUT2D eigenvalue weighted by Gasteiger charge is -2.16. The van der Waals surface area contributed by atoms with Gasteiger partial charge in [-0.15, -0.1) is 11.3 Å². The van der Waals surface area contributed by atoms with Crippen LogP contribution < -0.4 is 10.9 Å². The molecular weight excluding hydrogens is 332 g/mol. The average Bonchev–Trinajstić information content (AvgIpc) is 3.15. The Morgan fingerprint density at radius 1 is 1.12 bits per heavy atom. The molecule has 6 heteroatoms. The largest absolute Gasteiger partial charge is 0.387 e. The number of benzene rings is 1. The summed E-state index contributed by atoms with van der Waals surface area (Å²) in [6.45, 7) is 1.92. The van der Waals surface area contributed by atoms with Crippen LogP contribution in [0.15, 0.2) is 58.8 Å². The normalized spacial score (nSPS) is 11.0. The number of anilines is 1. The number of hydrogen-bond donors (Lipinski definition) is 1. The molecule has 0 amide bonds. The first kappa shape index (κ1) is 15.5. The van der Waals surface area contributed by atoms with Gasteiger partial charge in [0.1, 0.15) is 16.2 Å². The number of nitrogens with one attached hydrogen (secondary N) is 1. The van der Waals surface area contributed by atoms with Gasteiger partial charge in [0, 0.05) is 29.7 Å². The van der Waals surface area contributed by atoms with Crippen LogP contribution in [0.25, 0.3) is 27.3 Å². The van der Waals surface area contributed by atoms with Crippen LogP contribution in [0.3, 0.4) is 0 Å². The van der Waals surface area contributed by atoms with Crippen LogP contribution in [0.1, 0.15) is 5.69 Å². The lowest BCUT2D eigenvalue weighted by molar-refractivity contribution is 1.01. The molecule has 0 aliphatic heterocycles. The molecule has 0 spiro atoms. The average molecular weight is 348 g/mol. The van der Waals surface area contributed by atoms with Crippen LogP contribution in [0.4, 0.5) is 5.69 Å². The number of rotatable bonds is 3. The van der Waals surface area contributed by atoms with Crippen molar-refractivity contribution in [3.63, 3.8) is 0 Å². The second kappa shape index (κ2) is 6.14. The molecule has 0 saturated heterocycles. The maximum atomic E-state index is 13.4. The highest BCUT2D eigenvalue weighted by Crippen LogP contribution is 2.33. The van der Waals surface area contributed by atoms with Gasteiger partial charge in [0.25, 0.3) is 5.56 Å². The Morgan fingerprint density at radius 2 is 1.92 bits per heavy atom. The van der Waals surface area contributed by atoms with Crippen molar-refractivity contribution >= 4 is 28.1 Å². The van der Waals surface area contributed by atoms with Gasteiger partial charge in [-0.1, -0.05) is 18.2 Å². The molecule has 0 unspecified atom stereocenters. The maximum Gasteiger partial charge on any atom is 0.269 e. The van der Waals surface area contributed by atoms with Crippen LogP contribution in [0.5, 0.6) is 0 Å². The first-order valence-electron chi connectivity index (χ1n) is 7.90. The van der Waals surface area contributed by atoms with Crippen molar-refractivity contribution in [1.82, 2.24) is 14.5 Å². The van der Waals surface area contributed by atoms with Crippen molar-refractivity contribution in [1.29, 1.82) is 0 Å². The first-order valence-corrected chi connectivity index (χ1v) is 8.78. The molecular formula is C19H16N4OS. The van der Waals surface area contributed by atoms with Crippen molar-refractivity contribution in [2.45, 2.75) is 6.92 Å². The monoisotopic (exact) mass is 348 g/mol. The summed E-state index contributed by atoms with van der Waals surface area (Å²) >= 11 is 1.45. The van der Waals surface area contributed by atoms with E-state index in [2.05, 4.69) is 15.3 Å². The van der Waals surface area contributed by atoms with Gasteiger partial charge in [0.05, 0.1) is 11.4 Å². The van der Waals surface area contributed by atoms with Crippen molar-refractivity contribution in [3.05, 3.63) is 70.1 Å². The number of aromatic nitrogens is 3. The third-order valence-corrected chi connectivity index (χ3v) is 4.86. The predicted molar refractivity (Wildman–Crippen MR) is 103 cm³/mol. The Bertz CT molecular complexity index is 1100. The molecule has 0 saturated carbocycles. The molecule has 25 heavy (non-hydrogen) atoms. The summed E-state index contributed by atoms with van der Waals surface area (Å²) in [5.41, 5.74) is 3.49. The molecule has 0 radical (unpaired) electrons. The Balaban J connectivity index is 2.22. The van der Waals surface area contributed by atoms with Crippen molar-refractivity contribution in [3.8, 4) is 16.3 Å². The van der Waals surface area contributed by atoms with Gasteiger partial charge < -0.3 is 5.32 Å². The van der Waals surface area contributed by atoms with Crippen LogP contribution in [0.2, 0.25) is 0 Å². The molecule has 4 aromatic rings. The number of nitrogens with zero attached hydrogens (tertiary/aromatic N) is 3. The summed E-state index contributed by atoms with van der Waals surface area (Å²) in [6.07, 6.45) is 1.71. The SMILES string of the molecule is CNc1c(-c2nccs2)c(=O)n(-c2ccccc2)c2nc(C)ccc12. The zero-order chi connectivity index (χ0) is 17.4. The molecule has 0 bridgehead atoms. The molecule has 4 rings (SSSR count). The molecule has 3 aromatic heterocycles. The summed E-state index contributed by atoms with van der Waals surface area (Å²) in [6, 6.07) is 13.5. The van der Waals surface area contributed by atoms with Crippen molar-refractivity contribution < 1.29 is 0 Å². The van der Waals surface area contributed by atoms with E-state index in [9.17, 15) is 4.79 Å². The van der Waals surface area contributed by atoms with E-state index in [1.54, 1.807) is 10.8 Å². The molecule has 5 nitrogen and oxygen atoms in total. The van der Waals surface area contributed by atoms with E-state index in [-0.39, 0.29) is 5.56 Å². The second-order valence-electron chi connectivity index (χ2n) is 5.64. The molecule has 1 aromatic carbocycles. The van der Waals surface area contributed by atoms with Gasteiger partial charge in [-0.2, -0.15) is 0 Å². The van der Waals surface area contributed by atoms with Crippen molar-refractivity contribution in [2.24, 2.45) is 0 Å². The Morgan fingerprint density at radius 3 is 2.60 bits per heavy atom. The topological polar surface area (TPSA) is 59.8 Å². The number of aryl methyl sites for hydroxylation is 1. The van der Waals surface area contributed by atoms with Crippen LogP contribution >= 0.6 is 11.3 Å². The smallest absolute Gasteiger partial charge is 0.269 e. The fourth-order valence-electron chi connectivity index (χ4n) is 2.98. The number of thiazole rings is 1. The molecule has 0 atom stereocenters. The highest BCUT2D eigenvalue weighted by Gasteiger charge is 2.21. The zero-order valence-electron chi connectivity index (χ0n) is 13.9.